The third kappa shape index (κ3) is 2.65. The molecule has 1 aliphatic carbocycles. The molecule has 2 nitrogen and oxygen atoms in total. The zero-order valence-corrected chi connectivity index (χ0v) is 11.8. The molecule has 1 aromatic rings. The van der Waals surface area contributed by atoms with Gasteiger partial charge in [-0.2, -0.15) is 13.2 Å². The van der Waals surface area contributed by atoms with Gasteiger partial charge >= 0.3 is 6.18 Å². The smallest absolute Gasteiger partial charge is 0.391 e. The Hall–Kier alpha value is -1.52. The first-order valence-corrected chi connectivity index (χ1v) is 7.19. The number of Topliss-reactive ketones (excluding diaryl/α,β-unsaturated/α-hetero) is 1. The average molecular weight is 298 g/mol. The van der Waals surface area contributed by atoms with Crippen molar-refractivity contribution in [1.29, 1.82) is 0 Å². The fourth-order valence-electron chi connectivity index (χ4n) is 3.46. The number of ketones is 1. The number of aryl methyl sites for hydroxylation is 1. The molecule has 0 bridgehead atoms. The Morgan fingerprint density at radius 3 is 2.81 bits per heavy atom. The van der Waals surface area contributed by atoms with E-state index in [1.807, 2.05) is 13.0 Å². The second-order valence-corrected chi connectivity index (χ2v) is 6.22. The number of alkyl halides is 3. The number of ether oxygens (including phenoxy) is 1. The van der Waals surface area contributed by atoms with Gasteiger partial charge in [0.15, 0.2) is 5.78 Å². The number of rotatable bonds is 0. The fourth-order valence-corrected chi connectivity index (χ4v) is 3.46. The number of carbonyl (C=O) groups is 1. The first-order valence-electron chi connectivity index (χ1n) is 7.19. The molecule has 114 valence electrons. The Morgan fingerprint density at radius 2 is 2.10 bits per heavy atom. The molecule has 2 atom stereocenters. The lowest BCUT2D eigenvalue weighted by Gasteiger charge is -2.43. The molecule has 1 aliphatic heterocycles. The summed E-state index contributed by atoms with van der Waals surface area (Å²) in [7, 11) is 0. The zero-order chi connectivity index (χ0) is 15.3. The van der Waals surface area contributed by atoms with E-state index in [2.05, 4.69) is 0 Å². The molecule has 21 heavy (non-hydrogen) atoms. The van der Waals surface area contributed by atoms with Crippen LogP contribution in [0.1, 0.15) is 48.0 Å². The van der Waals surface area contributed by atoms with Gasteiger partial charge in [0.2, 0.25) is 0 Å². The number of benzene rings is 1. The van der Waals surface area contributed by atoms with Crippen LogP contribution >= 0.6 is 0 Å². The van der Waals surface area contributed by atoms with Crippen LogP contribution in [0.2, 0.25) is 0 Å². The van der Waals surface area contributed by atoms with Crippen LogP contribution in [0.5, 0.6) is 5.75 Å². The third-order valence-corrected chi connectivity index (χ3v) is 4.51. The van der Waals surface area contributed by atoms with Gasteiger partial charge in [-0.1, -0.05) is 11.6 Å². The number of halogens is 3. The molecule has 1 saturated carbocycles. The summed E-state index contributed by atoms with van der Waals surface area (Å²) in [5.41, 5.74) is 0.464. The van der Waals surface area contributed by atoms with Gasteiger partial charge in [-0.25, -0.2) is 0 Å². The molecule has 2 aliphatic rings. The van der Waals surface area contributed by atoms with E-state index in [4.69, 9.17) is 4.74 Å². The monoisotopic (exact) mass is 298 g/mol. The van der Waals surface area contributed by atoms with Crippen molar-refractivity contribution < 1.29 is 22.7 Å². The minimum Gasteiger partial charge on any atom is -0.486 e. The van der Waals surface area contributed by atoms with E-state index in [0.29, 0.717) is 24.2 Å². The molecule has 5 heteroatoms. The topological polar surface area (TPSA) is 26.3 Å². The summed E-state index contributed by atoms with van der Waals surface area (Å²) in [6.45, 7) is 1.87. The summed E-state index contributed by atoms with van der Waals surface area (Å²) in [5, 5.41) is 0. The second-order valence-electron chi connectivity index (χ2n) is 6.22. The highest BCUT2D eigenvalue weighted by molar-refractivity contribution is 6.00. The van der Waals surface area contributed by atoms with Crippen molar-refractivity contribution in [3.05, 3.63) is 29.3 Å². The number of carbonyl (C=O) groups excluding carboxylic acids is 1. The molecule has 1 aromatic carbocycles. The van der Waals surface area contributed by atoms with Crippen LogP contribution in [0.4, 0.5) is 13.2 Å². The van der Waals surface area contributed by atoms with E-state index in [9.17, 15) is 18.0 Å². The Labute approximate surface area is 121 Å². The maximum atomic E-state index is 13.0. The lowest BCUT2D eigenvalue weighted by Crippen LogP contribution is -2.48. The maximum Gasteiger partial charge on any atom is 0.391 e. The Balaban J connectivity index is 1.90. The van der Waals surface area contributed by atoms with E-state index in [1.54, 1.807) is 12.1 Å². The van der Waals surface area contributed by atoms with Crippen LogP contribution in [0.25, 0.3) is 0 Å². The van der Waals surface area contributed by atoms with Crippen molar-refractivity contribution in [2.75, 3.05) is 0 Å². The van der Waals surface area contributed by atoms with Gasteiger partial charge in [0, 0.05) is 0 Å². The zero-order valence-electron chi connectivity index (χ0n) is 11.8. The minimum absolute atomic E-state index is 0.0516. The summed E-state index contributed by atoms with van der Waals surface area (Å²) in [5.74, 6) is -1.05. The first-order chi connectivity index (χ1) is 9.79. The highest BCUT2D eigenvalue weighted by Gasteiger charge is 2.51. The normalized spacial score (nSPS) is 29.1. The van der Waals surface area contributed by atoms with Crippen molar-refractivity contribution in [1.82, 2.24) is 0 Å². The van der Waals surface area contributed by atoms with Crippen LogP contribution in [0.15, 0.2) is 18.2 Å². The van der Waals surface area contributed by atoms with E-state index in [-0.39, 0.29) is 25.0 Å². The predicted molar refractivity (Wildman–Crippen MR) is 71.5 cm³/mol. The van der Waals surface area contributed by atoms with Crippen LogP contribution < -0.4 is 4.74 Å². The second kappa shape index (κ2) is 4.75. The molecule has 3 rings (SSSR count). The summed E-state index contributed by atoms with van der Waals surface area (Å²) in [6, 6.07) is 5.25. The minimum atomic E-state index is -4.21. The fraction of sp³-hybridized carbons (Fsp3) is 0.562. The largest absolute Gasteiger partial charge is 0.486 e. The van der Waals surface area contributed by atoms with E-state index in [0.717, 1.165) is 5.56 Å². The Kier molecular flexibility index (Phi) is 3.26. The first kappa shape index (κ1) is 14.4. The highest BCUT2D eigenvalue weighted by Crippen LogP contribution is 2.47. The van der Waals surface area contributed by atoms with Gasteiger partial charge in [-0.15, -0.1) is 0 Å². The standard InChI is InChI=1S/C16H17F3O2/c1-10-4-5-14-12(7-10)13(20)9-15(21-14)6-2-3-11(8-15)16(17,18)19/h4-5,7,11H,2-3,6,8-9H2,1H3. The van der Waals surface area contributed by atoms with Gasteiger partial charge in [0.1, 0.15) is 11.4 Å². The maximum absolute atomic E-state index is 13.0. The molecule has 0 N–H and O–H groups in total. The molecule has 2 unspecified atom stereocenters. The average Bonchev–Trinajstić information content (AvgIpc) is 2.39. The Bertz CT molecular complexity index is 579. The quantitative estimate of drug-likeness (QED) is 0.707. The summed E-state index contributed by atoms with van der Waals surface area (Å²) >= 11 is 0. The number of fused-ring (bicyclic) bond motifs is 1. The molecule has 0 amide bonds. The summed E-state index contributed by atoms with van der Waals surface area (Å²) in [4.78, 5) is 12.3. The molecule has 1 fully saturated rings. The van der Waals surface area contributed by atoms with Gasteiger partial charge in [-0.05, 0) is 44.7 Å². The molecule has 0 radical (unpaired) electrons. The summed E-state index contributed by atoms with van der Waals surface area (Å²) < 4.78 is 44.8. The van der Waals surface area contributed by atoms with E-state index in [1.165, 1.54) is 0 Å². The molecule has 1 spiro atoms. The third-order valence-electron chi connectivity index (χ3n) is 4.51. The van der Waals surface area contributed by atoms with Gasteiger partial charge in [0.05, 0.1) is 17.9 Å². The van der Waals surface area contributed by atoms with Crippen molar-refractivity contribution >= 4 is 5.78 Å². The van der Waals surface area contributed by atoms with Crippen molar-refractivity contribution in [3.8, 4) is 5.75 Å². The summed E-state index contributed by atoms with van der Waals surface area (Å²) in [6.07, 6.45) is -3.19. The van der Waals surface area contributed by atoms with Crippen LogP contribution in [0, 0.1) is 12.8 Å². The van der Waals surface area contributed by atoms with Crippen LogP contribution in [-0.4, -0.2) is 17.6 Å². The molecular formula is C16H17F3O2. The van der Waals surface area contributed by atoms with Gasteiger partial charge < -0.3 is 4.74 Å². The van der Waals surface area contributed by atoms with Crippen molar-refractivity contribution in [3.63, 3.8) is 0 Å². The van der Waals surface area contributed by atoms with Crippen LogP contribution in [-0.2, 0) is 0 Å². The van der Waals surface area contributed by atoms with E-state index < -0.39 is 17.7 Å². The molecular weight excluding hydrogens is 281 g/mol. The highest BCUT2D eigenvalue weighted by atomic mass is 19.4. The van der Waals surface area contributed by atoms with Gasteiger partial charge in [-0.3, -0.25) is 4.79 Å². The molecule has 0 aromatic heterocycles. The molecule has 1 heterocycles. The number of hydrogen-bond acceptors (Lipinski definition) is 2. The number of hydrogen-bond donors (Lipinski definition) is 0. The van der Waals surface area contributed by atoms with Crippen molar-refractivity contribution in [2.45, 2.75) is 50.8 Å². The van der Waals surface area contributed by atoms with Gasteiger partial charge in [0.25, 0.3) is 0 Å². The van der Waals surface area contributed by atoms with E-state index >= 15 is 0 Å². The Morgan fingerprint density at radius 1 is 1.33 bits per heavy atom. The SMILES string of the molecule is Cc1ccc2c(c1)C(=O)CC1(CCCC(C(F)(F)F)C1)O2. The lowest BCUT2D eigenvalue weighted by molar-refractivity contribution is -0.197. The molecule has 0 saturated heterocycles. The van der Waals surface area contributed by atoms with Crippen molar-refractivity contribution in [2.24, 2.45) is 5.92 Å². The van der Waals surface area contributed by atoms with Crippen LogP contribution in [0.3, 0.4) is 0 Å². The lowest BCUT2D eigenvalue weighted by atomic mass is 9.73. The predicted octanol–water partition coefficient (Wildman–Crippen LogP) is 4.45.